The van der Waals surface area contributed by atoms with Crippen LogP contribution in [0.5, 0.6) is 11.5 Å². The first-order valence-electron chi connectivity index (χ1n) is 10.9. The predicted octanol–water partition coefficient (Wildman–Crippen LogP) is 6.28. The van der Waals surface area contributed by atoms with Gasteiger partial charge in [0.15, 0.2) is 0 Å². The maximum Gasteiger partial charge on any atom is 0.119 e. The fraction of sp³-hybridized carbons (Fsp3) is 0.538. The van der Waals surface area contributed by atoms with E-state index >= 15 is 0 Å². The van der Waals surface area contributed by atoms with Gasteiger partial charge in [0.25, 0.3) is 0 Å². The van der Waals surface area contributed by atoms with E-state index in [0.717, 1.165) is 28.7 Å². The normalized spacial score (nSPS) is 36.0. The first kappa shape index (κ1) is 18.1. The van der Waals surface area contributed by atoms with E-state index < -0.39 is 0 Å². The van der Waals surface area contributed by atoms with Crippen LogP contribution in [0.15, 0.2) is 36.4 Å². The molecule has 0 aliphatic heterocycles. The predicted molar refractivity (Wildman–Crippen MR) is 113 cm³/mol. The van der Waals surface area contributed by atoms with Gasteiger partial charge in [-0.1, -0.05) is 37.6 Å². The molecular weight excluding hydrogens is 344 g/mol. The van der Waals surface area contributed by atoms with Crippen LogP contribution in [0.25, 0.3) is 0 Å². The number of aromatic hydroxyl groups is 2. The Balaban J connectivity index is 1.69. The second-order valence-electron chi connectivity index (χ2n) is 10.5. The maximum absolute atomic E-state index is 10.9. The average Bonchev–Trinajstić information content (AvgIpc) is 2.60. The molecule has 2 heteroatoms. The zero-order chi connectivity index (χ0) is 19.7. The van der Waals surface area contributed by atoms with Crippen LogP contribution >= 0.6 is 0 Å². The molecule has 0 spiro atoms. The van der Waals surface area contributed by atoms with Crippen LogP contribution in [0, 0.1) is 25.2 Å². The molecule has 0 radical (unpaired) electrons. The lowest BCUT2D eigenvalue weighted by atomic mass is 9.37. The number of hydrogen-bond donors (Lipinski definition) is 2. The smallest absolute Gasteiger partial charge is 0.119 e. The second-order valence-corrected chi connectivity index (χ2v) is 10.5. The Bertz CT molecular complexity index is 876. The summed E-state index contributed by atoms with van der Waals surface area (Å²) < 4.78 is 0. The molecule has 28 heavy (non-hydrogen) atoms. The Hall–Kier alpha value is -1.96. The number of benzene rings is 2. The van der Waals surface area contributed by atoms with Gasteiger partial charge < -0.3 is 10.2 Å². The summed E-state index contributed by atoms with van der Waals surface area (Å²) in [7, 11) is 0. The highest BCUT2D eigenvalue weighted by Crippen LogP contribution is 2.72. The summed E-state index contributed by atoms with van der Waals surface area (Å²) in [4.78, 5) is 0. The van der Waals surface area contributed by atoms with Crippen molar-refractivity contribution in [2.75, 3.05) is 0 Å². The SMILES string of the molecule is CCC12CC3CC(c4ccc(C)cc4O)(C1)CC(c1ccc(C)cc1O)(C3)C2. The van der Waals surface area contributed by atoms with E-state index in [0.29, 0.717) is 22.8 Å². The molecule has 2 nitrogen and oxygen atoms in total. The van der Waals surface area contributed by atoms with E-state index in [9.17, 15) is 10.2 Å². The topological polar surface area (TPSA) is 40.5 Å². The first-order chi connectivity index (χ1) is 13.3. The molecule has 0 heterocycles. The zero-order valence-corrected chi connectivity index (χ0v) is 17.4. The fourth-order valence-corrected chi connectivity index (χ4v) is 7.81. The van der Waals surface area contributed by atoms with E-state index in [2.05, 4.69) is 31.2 Å². The van der Waals surface area contributed by atoms with Crippen molar-refractivity contribution in [1.82, 2.24) is 0 Å². The van der Waals surface area contributed by atoms with Gasteiger partial charge in [0.2, 0.25) is 0 Å². The quantitative estimate of drug-likeness (QED) is 0.661. The van der Waals surface area contributed by atoms with Gasteiger partial charge in [0, 0.05) is 22.0 Å². The number of aryl methyl sites for hydroxylation is 2. The molecule has 2 atom stereocenters. The molecule has 4 fully saturated rings. The van der Waals surface area contributed by atoms with Crippen molar-refractivity contribution in [3.63, 3.8) is 0 Å². The lowest BCUT2D eigenvalue weighted by Crippen LogP contribution is -2.60. The summed E-state index contributed by atoms with van der Waals surface area (Å²) in [6.45, 7) is 6.43. The van der Waals surface area contributed by atoms with Gasteiger partial charge in [-0.25, -0.2) is 0 Å². The van der Waals surface area contributed by atoms with Gasteiger partial charge in [-0.15, -0.1) is 0 Å². The highest BCUT2D eigenvalue weighted by atomic mass is 16.3. The van der Waals surface area contributed by atoms with Gasteiger partial charge in [0.1, 0.15) is 11.5 Å². The van der Waals surface area contributed by atoms with Crippen molar-refractivity contribution in [2.24, 2.45) is 11.3 Å². The van der Waals surface area contributed by atoms with Crippen molar-refractivity contribution in [3.05, 3.63) is 58.7 Å². The van der Waals surface area contributed by atoms with Gasteiger partial charge in [-0.05, 0) is 87.0 Å². The highest BCUT2D eigenvalue weighted by Gasteiger charge is 2.64. The Kier molecular flexibility index (Phi) is 3.73. The fourth-order valence-electron chi connectivity index (χ4n) is 7.81. The lowest BCUT2D eigenvalue weighted by molar-refractivity contribution is -0.0930. The molecule has 0 amide bonds. The van der Waals surface area contributed by atoms with Crippen LogP contribution in [0.1, 0.15) is 74.1 Å². The molecule has 2 N–H and O–H groups in total. The van der Waals surface area contributed by atoms with Gasteiger partial charge in [-0.2, -0.15) is 0 Å². The summed E-state index contributed by atoms with van der Waals surface area (Å²) in [6, 6.07) is 12.5. The van der Waals surface area contributed by atoms with Crippen LogP contribution in [0.3, 0.4) is 0 Å². The number of phenols is 2. The maximum atomic E-state index is 10.9. The van der Waals surface area contributed by atoms with E-state index in [4.69, 9.17) is 0 Å². The van der Waals surface area contributed by atoms with Crippen LogP contribution in [0.2, 0.25) is 0 Å². The van der Waals surface area contributed by atoms with Crippen molar-refractivity contribution >= 4 is 0 Å². The minimum atomic E-state index is 0.0323. The third-order valence-corrected chi connectivity index (χ3v) is 8.38. The molecule has 148 valence electrons. The minimum Gasteiger partial charge on any atom is -0.508 e. The molecule has 2 aromatic rings. The third-order valence-electron chi connectivity index (χ3n) is 8.38. The lowest BCUT2D eigenvalue weighted by Gasteiger charge is -2.67. The Morgan fingerprint density at radius 2 is 1.29 bits per heavy atom. The van der Waals surface area contributed by atoms with Gasteiger partial charge >= 0.3 is 0 Å². The molecule has 2 aromatic carbocycles. The van der Waals surface area contributed by atoms with Gasteiger partial charge in [-0.3, -0.25) is 0 Å². The van der Waals surface area contributed by atoms with E-state index in [1.165, 1.54) is 38.5 Å². The molecule has 2 unspecified atom stereocenters. The molecule has 4 aliphatic rings. The Morgan fingerprint density at radius 3 is 1.71 bits per heavy atom. The van der Waals surface area contributed by atoms with Crippen LogP contribution in [-0.2, 0) is 10.8 Å². The largest absolute Gasteiger partial charge is 0.508 e. The van der Waals surface area contributed by atoms with Crippen molar-refractivity contribution in [3.8, 4) is 11.5 Å². The number of rotatable bonds is 3. The summed E-state index contributed by atoms with van der Waals surface area (Å²) in [5.74, 6) is 1.62. The standard InChI is InChI=1S/C26H32O2/c1-4-24-11-19-12-25(14-24,20-7-5-17(2)9-22(20)27)16-26(13-19,15-24)21-8-6-18(3)10-23(21)28/h5-10,19,27-28H,4,11-16H2,1-3H3. The first-order valence-corrected chi connectivity index (χ1v) is 10.9. The Morgan fingerprint density at radius 1 is 0.786 bits per heavy atom. The van der Waals surface area contributed by atoms with E-state index in [1.807, 2.05) is 26.0 Å². The summed E-state index contributed by atoms with van der Waals surface area (Å²) in [6.07, 6.45) is 8.26. The Labute approximate surface area is 168 Å². The second kappa shape index (κ2) is 5.78. The molecule has 0 aromatic heterocycles. The highest BCUT2D eigenvalue weighted by molar-refractivity contribution is 5.49. The third kappa shape index (κ3) is 2.46. The van der Waals surface area contributed by atoms with Crippen LogP contribution in [-0.4, -0.2) is 10.2 Å². The molecule has 6 rings (SSSR count). The van der Waals surface area contributed by atoms with E-state index in [-0.39, 0.29) is 10.8 Å². The van der Waals surface area contributed by atoms with Gasteiger partial charge in [0.05, 0.1) is 0 Å². The molecule has 0 saturated heterocycles. The minimum absolute atomic E-state index is 0.0323. The van der Waals surface area contributed by atoms with E-state index in [1.54, 1.807) is 0 Å². The number of hydrogen-bond acceptors (Lipinski definition) is 2. The van der Waals surface area contributed by atoms with Crippen LogP contribution in [0.4, 0.5) is 0 Å². The monoisotopic (exact) mass is 376 g/mol. The number of phenolic OH excluding ortho intramolecular Hbond substituents is 2. The summed E-state index contributed by atoms with van der Waals surface area (Å²) >= 11 is 0. The van der Waals surface area contributed by atoms with Crippen LogP contribution < -0.4 is 0 Å². The summed E-state index contributed by atoms with van der Waals surface area (Å²) in [5, 5.41) is 21.8. The van der Waals surface area contributed by atoms with Crippen molar-refractivity contribution in [1.29, 1.82) is 0 Å². The average molecular weight is 377 g/mol. The molecule has 4 aliphatic carbocycles. The molecular formula is C26H32O2. The van der Waals surface area contributed by atoms with Crippen molar-refractivity contribution in [2.45, 2.75) is 76.5 Å². The molecule has 4 saturated carbocycles. The molecule has 4 bridgehead atoms. The zero-order valence-electron chi connectivity index (χ0n) is 17.4. The van der Waals surface area contributed by atoms with Crippen molar-refractivity contribution < 1.29 is 10.2 Å². The summed E-state index contributed by atoms with van der Waals surface area (Å²) in [5.41, 5.74) is 4.92.